The van der Waals surface area contributed by atoms with Crippen LogP contribution in [0.5, 0.6) is 11.5 Å². The molecule has 2 aromatic rings. The molecule has 0 fully saturated rings. The zero-order valence-corrected chi connectivity index (χ0v) is 17.0. The molecule has 0 aliphatic rings. The Balaban J connectivity index is 2.34. The Morgan fingerprint density at radius 2 is 1.79 bits per heavy atom. The van der Waals surface area contributed by atoms with Crippen molar-refractivity contribution in [3.63, 3.8) is 0 Å². The number of esters is 1. The molecule has 0 aromatic heterocycles. The van der Waals surface area contributed by atoms with Crippen molar-refractivity contribution in [2.45, 2.75) is 13.8 Å². The Hall–Kier alpha value is -2.87. The van der Waals surface area contributed by atoms with Crippen molar-refractivity contribution in [2.75, 3.05) is 26.1 Å². The van der Waals surface area contributed by atoms with Crippen molar-refractivity contribution in [1.29, 1.82) is 0 Å². The summed E-state index contributed by atoms with van der Waals surface area (Å²) in [5, 5.41) is 2.41. The second-order valence-corrected chi connectivity index (χ2v) is 6.86. The average molecular weight is 428 g/mol. The van der Waals surface area contributed by atoms with E-state index < -0.39 is 34.8 Å². The number of amides is 1. The fourth-order valence-electron chi connectivity index (χ4n) is 2.35. The van der Waals surface area contributed by atoms with Crippen LogP contribution in [0, 0.1) is 17.6 Å². The SMILES string of the molecule is COC(=O)c1cc(NC(=O)c2cc(Cl)c(OCC(C)C)c(OC)c2)c(F)cc1F. The van der Waals surface area contributed by atoms with Gasteiger partial charge in [0.05, 0.1) is 37.1 Å². The summed E-state index contributed by atoms with van der Waals surface area (Å²) in [5.74, 6) is -3.18. The highest BCUT2D eigenvalue weighted by Crippen LogP contribution is 2.37. The molecule has 156 valence electrons. The van der Waals surface area contributed by atoms with Gasteiger partial charge in [0.15, 0.2) is 11.5 Å². The van der Waals surface area contributed by atoms with Crippen LogP contribution in [-0.2, 0) is 4.74 Å². The lowest BCUT2D eigenvalue weighted by Gasteiger charge is -2.15. The van der Waals surface area contributed by atoms with E-state index in [0.717, 1.165) is 13.2 Å². The van der Waals surface area contributed by atoms with Crippen LogP contribution >= 0.6 is 11.6 Å². The summed E-state index contributed by atoms with van der Waals surface area (Å²) in [5.41, 5.74) is -0.864. The molecule has 6 nitrogen and oxygen atoms in total. The van der Waals surface area contributed by atoms with Crippen molar-refractivity contribution in [3.8, 4) is 11.5 Å². The van der Waals surface area contributed by atoms with Gasteiger partial charge in [0.25, 0.3) is 5.91 Å². The molecule has 29 heavy (non-hydrogen) atoms. The third-order valence-corrected chi connectivity index (χ3v) is 4.04. The molecule has 0 unspecified atom stereocenters. The molecule has 0 saturated heterocycles. The van der Waals surface area contributed by atoms with E-state index in [-0.39, 0.29) is 28.0 Å². The van der Waals surface area contributed by atoms with Gasteiger partial charge in [0, 0.05) is 11.6 Å². The van der Waals surface area contributed by atoms with E-state index in [2.05, 4.69) is 10.1 Å². The summed E-state index contributed by atoms with van der Waals surface area (Å²) < 4.78 is 43.1. The fourth-order valence-corrected chi connectivity index (χ4v) is 2.61. The summed E-state index contributed by atoms with van der Waals surface area (Å²) in [7, 11) is 2.44. The number of nitrogens with one attached hydrogen (secondary N) is 1. The molecule has 0 radical (unpaired) electrons. The van der Waals surface area contributed by atoms with E-state index in [9.17, 15) is 18.4 Å². The maximum atomic E-state index is 14.1. The van der Waals surface area contributed by atoms with Gasteiger partial charge in [-0.3, -0.25) is 4.79 Å². The molecule has 2 rings (SSSR count). The third-order valence-electron chi connectivity index (χ3n) is 3.76. The second-order valence-electron chi connectivity index (χ2n) is 6.45. The quantitative estimate of drug-likeness (QED) is 0.648. The lowest BCUT2D eigenvalue weighted by Crippen LogP contribution is -2.15. The molecule has 0 saturated carbocycles. The van der Waals surface area contributed by atoms with Crippen LogP contribution in [-0.4, -0.2) is 32.7 Å². The van der Waals surface area contributed by atoms with Crippen molar-refractivity contribution < 1.29 is 32.6 Å². The van der Waals surface area contributed by atoms with Gasteiger partial charge >= 0.3 is 5.97 Å². The highest BCUT2D eigenvalue weighted by molar-refractivity contribution is 6.32. The largest absolute Gasteiger partial charge is 0.493 e. The molecule has 1 amide bonds. The summed E-state index contributed by atoms with van der Waals surface area (Å²) in [6.07, 6.45) is 0. The van der Waals surface area contributed by atoms with Crippen LogP contribution in [0.15, 0.2) is 24.3 Å². The number of benzene rings is 2. The zero-order valence-electron chi connectivity index (χ0n) is 16.3. The molecule has 9 heteroatoms. The van der Waals surface area contributed by atoms with Crippen LogP contribution in [0.25, 0.3) is 0 Å². The summed E-state index contributed by atoms with van der Waals surface area (Å²) in [4.78, 5) is 24.1. The number of methoxy groups -OCH3 is 2. The number of rotatable bonds is 7. The normalized spacial score (nSPS) is 10.6. The molecule has 1 N–H and O–H groups in total. The standard InChI is InChI=1S/C20H20ClF2NO5/c1-10(2)9-29-18-13(21)5-11(6-17(18)27-3)19(25)24-16-7-12(20(26)28-4)14(22)8-15(16)23/h5-8,10H,9H2,1-4H3,(H,24,25). The minimum Gasteiger partial charge on any atom is -0.493 e. The Labute approximate surface area is 171 Å². The number of ether oxygens (including phenoxy) is 3. The van der Waals surface area contributed by atoms with Crippen LogP contribution < -0.4 is 14.8 Å². The van der Waals surface area contributed by atoms with Crippen molar-refractivity contribution in [3.05, 3.63) is 52.0 Å². The topological polar surface area (TPSA) is 73.9 Å². The van der Waals surface area contributed by atoms with Crippen LogP contribution in [0.2, 0.25) is 5.02 Å². The van der Waals surface area contributed by atoms with Crippen LogP contribution in [0.1, 0.15) is 34.6 Å². The summed E-state index contributed by atoms with van der Waals surface area (Å²) >= 11 is 6.21. The van der Waals surface area contributed by atoms with Gasteiger partial charge in [-0.1, -0.05) is 25.4 Å². The van der Waals surface area contributed by atoms with E-state index >= 15 is 0 Å². The highest BCUT2D eigenvalue weighted by atomic mass is 35.5. The Morgan fingerprint density at radius 1 is 1.10 bits per heavy atom. The van der Waals surface area contributed by atoms with Gasteiger partial charge in [-0.25, -0.2) is 13.6 Å². The molecule has 0 atom stereocenters. The predicted molar refractivity (Wildman–Crippen MR) is 104 cm³/mol. The van der Waals surface area contributed by atoms with Crippen molar-refractivity contribution in [1.82, 2.24) is 0 Å². The predicted octanol–water partition coefficient (Wildman–Crippen LogP) is 4.70. The van der Waals surface area contributed by atoms with E-state index in [0.29, 0.717) is 12.7 Å². The number of carbonyl (C=O) groups excluding carboxylic acids is 2. The van der Waals surface area contributed by atoms with Gasteiger partial charge in [-0.05, 0) is 24.1 Å². The maximum absolute atomic E-state index is 14.1. The fraction of sp³-hybridized carbons (Fsp3) is 0.300. The van der Waals surface area contributed by atoms with E-state index in [4.69, 9.17) is 21.1 Å². The number of anilines is 1. The Morgan fingerprint density at radius 3 is 2.38 bits per heavy atom. The first-order valence-electron chi connectivity index (χ1n) is 8.57. The number of carbonyl (C=O) groups is 2. The molecular formula is C20H20ClF2NO5. The molecule has 0 aliphatic carbocycles. The molecule has 0 spiro atoms. The second kappa shape index (κ2) is 9.56. The van der Waals surface area contributed by atoms with E-state index in [1.54, 1.807) is 0 Å². The smallest absolute Gasteiger partial charge is 0.340 e. The van der Waals surface area contributed by atoms with Crippen molar-refractivity contribution >= 4 is 29.2 Å². The summed E-state index contributed by atoms with van der Waals surface area (Å²) in [6.45, 7) is 4.31. The zero-order chi connectivity index (χ0) is 21.7. The van der Waals surface area contributed by atoms with Gasteiger partial charge < -0.3 is 19.5 Å². The first kappa shape index (κ1) is 22.4. The van der Waals surface area contributed by atoms with E-state index in [1.165, 1.54) is 19.2 Å². The monoisotopic (exact) mass is 427 g/mol. The van der Waals surface area contributed by atoms with Gasteiger partial charge in [0.1, 0.15) is 11.6 Å². The van der Waals surface area contributed by atoms with Gasteiger partial charge in [-0.15, -0.1) is 0 Å². The van der Waals surface area contributed by atoms with Crippen molar-refractivity contribution in [2.24, 2.45) is 5.92 Å². The number of halogens is 3. The minimum absolute atomic E-state index is 0.0482. The van der Waals surface area contributed by atoms with Gasteiger partial charge in [0.2, 0.25) is 0 Å². The first-order chi connectivity index (χ1) is 13.7. The molecular weight excluding hydrogens is 408 g/mol. The molecule has 2 aromatic carbocycles. The molecule has 0 heterocycles. The van der Waals surface area contributed by atoms with Crippen LogP contribution in [0.3, 0.4) is 0 Å². The molecule has 0 aliphatic heterocycles. The highest BCUT2D eigenvalue weighted by Gasteiger charge is 2.20. The number of hydrogen-bond acceptors (Lipinski definition) is 5. The van der Waals surface area contributed by atoms with Crippen LogP contribution in [0.4, 0.5) is 14.5 Å². The molecule has 0 bridgehead atoms. The van der Waals surface area contributed by atoms with Gasteiger partial charge in [-0.2, -0.15) is 0 Å². The lowest BCUT2D eigenvalue weighted by atomic mass is 10.1. The lowest BCUT2D eigenvalue weighted by molar-refractivity contribution is 0.0595. The number of hydrogen-bond donors (Lipinski definition) is 1. The first-order valence-corrected chi connectivity index (χ1v) is 8.94. The van der Waals surface area contributed by atoms with E-state index in [1.807, 2.05) is 13.8 Å². The Kier molecular flexibility index (Phi) is 7.39. The third kappa shape index (κ3) is 5.35. The average Bonchev–Trinajstić information content (AvgIpc) is 2.67. The minimum atomic E-state index is -1.11. The Bertz CT molecular complexity index is 934. The summed E-state index contributed by atoms with van der Waals surface area (Å²) in [6, 6.07) is 4.04. The maximum Gasteiger partial charge on any atom is 0.340 e.